The van der Waals surface area contributed by atoms with E-state index in [1.54, 1.807) is 18.2 Å². The van der Waals surface area contributed by atoms with Crippen LogP contribution in [-0.2, 0) is 11.8 Å². The van der Waals surface area contributed by atoms with Crippen molar-refractivity contribution in [2.24, 2.45) is 5.92 Å². The summed E-state index contributed by atoms with van der Waals surface area (Å²) >= 11 is 0. The predicted molar refractivity (Wildman–Crippen MR) is 84.0 cm³/mol. The van der Waals surface area contributed by atoms with Crippen LogP contribution in [0, 0.1) is 5.92 Å². The number of methoxy groups -OCH3 is 1. The van der Waals surface area contributed by atoms with Crippen molar-refractivity contribution in [1.82, 2.24) is 5.32 Å². The van der Waals surface area contributed by atoms with E-state index < -0.39 is 0 Å². The number of halogens is 1. The van der Waals surface area contributed by atoms with Crippen molar-refractivity contribution < 1.29 is 4.74 Å². The quantitative estimate of drug-likeness (QED) is 0.856. The average Bonchev–Trinajstić information content (AvgIpc) is 2.47. The van der Waals surface area contributed by atoms with Crippen LogP contribution in [0.2, 0.25) is 0 Å². The number of benzene rings is 1. The molecule has 3 aliphatic rings. The number of fused-ring (bicyclic) bond motifs is 1. The van der Waals surface area contributed by atoms with E-state index in [-0.39, 0.29) is 12.4 Å². The van der Waals surface area contributed by atoms with Gasteiger partial charge in [-0.25, -0.2) is 0 Å². The molecule has 110 valence electrons. The standard InChI is InChI=1S/C17H23NO.ClH/c1-19-13-6-5-12-10-16-14-4-2-3-7-17(14,8-9-18-16)15(12)11-13;/h5-6,11,14,16,18H,2-4,7-10H2,1H3;1H/t14-,16-,17+;/m0./s1. The fraction of sp³-hybridized carbons (Fsp3) is 0.647. The van der Waals surface area contributed by atoms with Crippen LogP contribution in [-0.4, -0.2) is 19.7 Å². The molecule has 4 rings (SSSR count). The summed E-state index contributed by atoms with van der Waals surface area (Å²) in [6.07, 6.45) is 8.15. The van der Waals surface area contributed by atoms with Gasteiger partial charge >= 0.3 is 0 Å². The topological polar surface area (TPSA) is 21.3 Å². The highest BCUT2D eigenvalue weighted by molar-refractivity contribution is 5.85. The van der Waals surface area contributed by atoms with Gasteiger partial charge in [-0.15, -0.1) is 12.4 Å². The monoisotopic (exact) mass is 293 g/mol. The lowest BCUT2D eigenvalue weighted by molar-refractivity contribution is 0.0795. The van der Waals surface area contributed by atoms with Gasteiger partial charge in [-0.05, 0) is 61.4 Å². The van der Waals surface area contributed by atoms with Crippen molar-refractivity contribution in [3.05, 3.63) is 29.3 Å². The van der Waals surface area contributed by atoms with E-state index in [4.69, 9.17) is 4.74 Å². The number of rotatable bonds is 1. The number of hydrogen-bond donors (Lipinski definition) is 1. The molecule has 0 radical (unpaired) electrons. The fourth-order valence-corrected chi connectivity index (χ4v) is 5.03. The van der Waals surface area contributed by atoms with Crippen molar-refractivity contribution in [2.75, 3.05) is 13.7 Å². The van der Waals surface area contributed by atoms with Crippen molar-refractivity contribution >= 4 is 12.4 Å². The van der Waals surface area contributed by atoms with Gasteiger partial charge in [-0.3, -0.25) is 0 Å². The van der Waals surface area contributed by atoms with Gasteiger partial charge < -0.3 is 10.1 Å². The molecule has 3 heteroatoms. The van der Waals surface area contributed by atoms with Gasteiger partial charge in [-0.1, -0.05) is 18.9 Å². The van der Waals surface area contributed by atoms with Gasteiger partial charge in [0, 0.05) is 11.5 Å². The van der Waals surface area contributed by atoms with Gasteiger partial charge in [-0.2, -0.15) is 0 Å². The van der Waals surface area contributed by atoms with Crippen LogP contribution in [0.5, 0.6) is 5.75 Å². The Kier molecular flexibility index (Phi) is 3.72. The molecule has 3 atom stereocenters. The predicted octanol–water partition coefficient (Wildman–Crippen LogP) is 3.46. The van der Waals surface area contributed by atoms with E-state index >= 15 is 0 Å². The maximum atomic E-state index is 5.48. The Bertz CT molecular complexity index is 500. The molecule has 0 amide bonds. The Labute approximate surface area is 127 Å². The summed E-state index contributed by atoms with van der Waals surface area (Å²) < 4.78 is 5.48. The van der Waals surface area contributed by atoms with Gasteiger partial charge in [0.1, 0.15) is 5.75 Å². The van der Waals surface area contributed by atoms with Crippen molar-refractivity contribution in [2.45, 2.75) is 50.0 Å². The fourth-order valence-electron chi connectivity index (χ4n) is 5.03. The molecule has 0 spiro atoms. The van der Waals surface area contributed by atoms with Gasteiger partial charge in [0.25, 0.3) is 0 Å². The molecule has 1 saturated heterocycles. The van der Waals surface area contributed by atoms with E-state index in [0.29, 0.717) is 5.41 Å². The minimum atomic E-state index is 0. The normalized spacial score (nSPS) is 34.5. The molecule has 1 aromatic carbocycles. The van der Waals surface area contributed by atoms with Crippen molar-refractivity contribution in [3.63, 3.8) is 0 Å². The summed E-state index contributed by atoms with van der Waals surface area (Å²) in [7, 11) is 1.78. The third kappa shape index (κ3) is 1.88. The summed E-state index contributed by atoms with van der Waals surface area (Å²) in [6, 6.07) is 7.50. The van der Waals surface area contributed by atoms with E-state index in [1.165, 1.54) is 45.1 Å². The summed E-state index contributed by atoms with van der Waals surface area (Å²) in [5, 5.41) is 3.78. The van der Waals surface area contributed by atoms with Gasteiger partial charge in [0.15, 0.2) is 0 Å². The molecular weight excluding hydrogens is 270 g/mol. The Morgan fingerprint density at radius 1 is 1.25 bits per heavy atom. The zero-order chi connectivity index (χ0) is 12.9. The second-order valence-corrected chi connectivity index (χ2v) is 6.55. The largest absolute Gasteiger partial charge is 0.497 e. The molecular formula is C17H24ClNO. The number of nitrogens with one attached hydrogen (secondary N) is 1. The summed E-state index contributed by atoms with van der Waals surface area (Å²) in [6.45, 7) is 1.19. The van der Waals surface area contributed by atoms with E-state index in [0.717, 1.165) is 17.7 Å². The van der Waals surface area contributed by atoms with Crippen LogP contribution in [0.1, 0.15) is 43.2 Å². The van der Waals surface area contributed by atoms with Crippen LogP contribution in [0.3, 0.4) is 0 Å². The van der Waals surface area contributed by atoms with E-state index in [9.17, 15) is 0 Å². The lowest BCUT2D eigenvalue weighted by Gasteiger charge is -2.56. The highest BCUT2D eigenvalue weighted by Crippen LogP contribution is 2.54. The van der Waals surface area contributed by atoms with Gasteiger partial charge in [0.05, 0.1) is 7.11 Å². The smallest absolute Gasteiger partial charge is 0.119 e. The first-order valence-electron chi connectivity index (χ1n) is 7.74. The summed E-state index contributed by atoms with van der Waals surface area (Å²) in [4.78, 5) is 0. The summed E-state index contributed by atoms with van der Waals surface area (Å²) in [5.74, 6) is 1.89. The molecule has 2 bridgehead atoms. The third-order valence-electron chi connectivity index (χ3n) is 5.85. The first kappa shape index (κ1) is 14.2. The molecule has 1 aliphatic heterocycles. The molecule has 2 aliphatic carbocycles. The van der Waals surface area contributed by atoms with Crippen LogP contribution < -0.4 is 10.1 Å². The first-order chi connectivity index (χ1) is 9.33. The maximum Gasteiger partial charge on any atom is 0.119 e. The summed E-state index contributed by atoms with van der Waals surface area (Å²) in [5.41, 5.74) is 3.64. The Morgan fingerprint density at radius 3 is 3.00 bits per heavy atom. The lowest BCUT2D eigenvalue weighted by atomic mass is 9.53. The molecule has 1 saturated carbocycles. The maximum absolute atomic E-state index is 5.48. The zero-order valence-corrected chi connectivity index (χ0v) is 13.0. The van der Waals surface area contributed by atoms with E-state index in [2.05, 4.69) is 23.5 Å². The van der Waals surface area contributed by atoms with Crippen LogP contribution in [0.25, 0.3) is 0 Å². The zero-order valence-electron chi connectivity index (χ0n) is 12.2. The average molecular weight is 294 g/mol. The molecule has 2 fully saturated rings. The Hall–Kier alpha value is -0.730. The molecule has 1 N–H and O–H groups in total. The Morgan fingerprint density at radius 2 is 2.15 bits per heavy atom. The highest BCUT2D eigenvalue weighted by atomic mass is 35.5. The third-order valence-corrected chi connectivity index (χ3v) is 5.85. The molecule has 2 nitrogen and oxygen atoms in total. The number of hydrogen-bond acceptors (Lipinski definition) is 2. The SMILES string of the molecule is COc1ccc2c(c1)[C@@]13CCCC[C@H]1[C@H](C2)NCC3.Cl. The minimum absolute atomic E-state index is 0. The molecule has 0 unspecified atom stereocenters. The number of ether oxygens (including phenoxy) is 1. The van der Waals surface area contributed by atoms with Crippen molar-refractivity contribution in [1.29, 1.82) is 0 Å². The molecule has 1 heterocycles. The molecule has 1 aromatic rings. The number of piperidine rings is 1. The van der Waals surface area contributed by atoms with Crippen LogP contribution >= 0.6 is 12.4 Å². The van der Waals surface area contributed by atoms with Crippen molar-refractivity contribution in [3.8, 4) is 5.75 Å². The highest BCUT2D eigenvalue weighted by Gasteiger charge is 2.51. The van der Waals surface area contributed by atoms with Crippen LogP contribution in [0.4, 0.5) is 0 Å². The van der Waals surface area contributed by atoms with Gasteiger partial charge in [0.2, 0.25) is 0 Å². The second kappa shape index (κ2) is 5.23. The molecule has 0 aromatic heterocycles. The first-order valence-corrected chi connectivity index (χ1v) is 7.74. The second-order valence-electron chi connectivity index (χ2n) is 6.55. The van der Waals surface area contributed by atoms with E-state index in [1.807, 2.05) is 0 Å². The molecule has 20 heavy (non-hydrogen) atoms. The minimum Gasteiger partial charge on any atom is -0.497 e. The van der Waals surface area contributed by atoms with Crippen LogP contribution in [0.15, 0.2) is 18.2 Å². The Balaban J connectivity index is 0.00000121. The lowest BCUT2D eigenvalue weighted by Crippen LogP contribution is -2.59.